The average molecular weight is 68.0 g/mol. The fourth-order valence-electron chi connectivity index (χ4n) is 0. The maximum atomic E-state index is 0. The van der Waals surface area contributed by atoms with Crippen molar-refractivity contribution in [3.63, 3.8) is 0 Å². The van der Waals surface area contributed by atoms with Crippen molar-refractivity contribution in [1.29, 1.82) is 0 Å². The minimum atomic E-state index is 0. The van der Waals surface area contributed by atoms with Gasteiger partial charge in [-0.05, 0) is 0 Å². The summed E-state index contributed by atoms with van der Waals surface area (Å²) in [6, 6.07) is 0. The number of rotatable bonds is 0. The second-order valence-electron chi connectivity index (χ2n) is 0. The summed E-state index contributed by atoms with van der Waals surface area (Å²) >= 11 is 0. The van der Waals surface area contributed by atoms with Crippen LogP contribution in [0.3, 0.4) is 0 Å². The topological polar surface area (TPSA) is 0 Å². The molecule has 0 saturated heterocycles. The summed E-state index contributed by atoms with van der Waals surface area (Å²) in [5.74, 6) is 0. The summed E-state index contributed by atoms with van der Waals surface area (Å²) in [6.45, 7) is 0. The fraction of sp³-hybridized carbons (Fsp3) is 0. The summed E-state index contributed by atoms with van der Waals surface area (Å²) in [4.78, 5) is 0. The van der Waals surface area contributed by atoms with E-state index in [1.165, 1.54) is 0 Å². The molecule has 6 heavy (non-hydrogen) atoms. The third-order valence-electron chi connectivity index (χ3n) is 0. The molecular formula is Be5Na. The van der Waals surface area contributed by atoms with E-state index in [1.54, 1.807) is 0 Å². The Morgan fingerprint density at radius 2 is 0.333 bits per heavy atom. The molecule has 11 valence electrons. The Hall–Kier alpha value is 1.84. The van der Waals surface area contributed by atoms with Crippen molar-refractivity contribution < 1.29 is 0 Å². The van der Waals surface area contributed by atoms with Gasteiger partial charge in [0.15, 0.2) is 0 Å². The number of hydrogen-bond acceptors (Lipinski definition) is 0. The molecule has 0 bridgehead atoms. The Kier molecular flexibility index (Phi) is 1240. The van der Waals surface area contributed by atoms with Gasteiger partial charge >= 0.3 is 0 Å². The van der Waals surface area contributed by atoms with Crippen LogP contribution < -0.4 is 0 Å². The van der Waals surface area contributed by atoms with Crippen molar-refractivity contribution in [2.24, 2.45) is 0 Å². The first-order chi connectivity index (χ1) is 0. The Balaban J connectivity index is 0. The maximum absolute atomic E-state index is 0. The van der Waals surface area contributed by atoms with E-state index in [2.05, 4.69) is 0 Å². The van der Waals surface area contributed by atoms with Crippen LogP contribution >= 0.6 is 0 Å². The zero-order valence-corrected chi connectivity index (χ0v) is 6.54. The van der Waals surface area contributed by atoms with Gasteiger partial charge in [0.2, 0.25) is 0 Å². The van der Waals surface area contributed by atoms with Crippen LogP contribution in [0, 0.1) is 0 Å². The molecule has 0 fully saturated rings. The molecule has 0 aromatic carbocycles. The second kappa shape index (κ2) is 68.7. The molecule has 0 saturated carbocycles. The van der Waals surface area contributed by atoms with Crippen LogP contribution in [-0.2, 0) is 0 Å². The Labute approximate surface area is 79.6 Å². The van der Waals surface area contributed by atoms with E-state index in [0.717, 1.165) is 0 Å². The molecule has 0 heterocycles. The fourth-order valence-corrected chi connectivity index (χ4v) is 0. The van der Waals surface area contributed by atoms with Crippen molar-refractivity contribution in [1.82, 2.24) is 0 Å². The molecule has 0 aliphatic heterocycles. The van der Waals surface area contributed by atoms with Crippen LogP contribution in [0.1, 0.15) is 0 Å². The molecular weight excluding hydrogens is 68.0 g/mol. The summed E-state index contributed by atoms with van der Waals surface area (Å²) < 4.78 is 0. The molecule has 11 radical (unpaired) electrons. The van der Waals surface area contributed by atoms with Crippen molar-refractivity contribution in [2.75, 3.05) is 0 Å². The zero-order chi connectivity index (χ0) is 0. The quantitative estimate of drug-likeness (QED) is 0.280. The van der Waals surface area contributed by atoms with Gasteiger partial charge in [0.25, 0.3) is 0 Å². The predicted molar refractivity (Wildman–Crippen MR) is 34.5 cm³/mol. The molecule has 6 heteroatoms. The van der Waals surface area contributed by atoms with E-state index < -0.39 is 0 Å². The van der Waals surface area contributed by atoms with Gasteiger partial charge in [-0.3, -0.25) is 0 Å². The van der Waals surface area contributed by atoms with Crippen LogP contribution in [0.25, 0.3) is 0 Å². The van der Waals surface area contributed by atoms with Crippen molar-refractivity contribution in [3.05, 3.63) is 0 Å². The van der Waals surface area contributed by atoms with E-state index in [-0.39, 0.29) is 80.2 Å². The predicted octanol–water partition coefficient (Wildman–Crippen LogP) is -2.28. The largest absolute Gasteiger partial charge is 0 e. The van der Waals surface area contributed by atoms with Crippen molar-refractivity contribution in [2.45, 2.75) is 0 Å². The van der Waals surface area contributed by atoms with E-state index in [1.807, 2.05) is 0 Å². The van der Waals surface area contributed by atoms with Crippen molar-refractivity contribution >= 4 is 80.2 Å². The SMILES string of the molecule is [Be].[Be].[Be].[Be].[Be].[Na]. The van der Waals surface area contributed by atoms with Crippen molar-refractivity contribution in [3.8, 4) is 0 Å². The van der Waals surface area contributed by atoms with E-state index in [4.69, 9.17) is 0 Å². The first-order valence-corrected chi connectivity index (χ1v) is 0. The van der Waals surface area contributed by atoms with Gasteiger partial charge in [0, 0.05) is 80.2 Å². The summed E-state index contributed by atoms with van der Waals surface area (Å²) in [5, 5.41) is 0. The molecule has 0 N–H and O–H groups in total. The molecule has 0 spiro atoms. The standard InChI is InChI=1S/5Be.Na. The van der Waals surface area contributed by atoms with E-state index in [0.29, 0.717) is 0 Å². The van der Waals surface area contributed by atoms with Gasteiger partial charge in [-0.15, -0.1) is 0 Å². The minimum Gasteiger partial charge on any atom is 0 e. The Morgan fingerprint density at radius 1 is 0.333 bits per heavy atom. The first kappa shape index (κ1) is 108. The molecule has 0 nitrogen and oxygen atoms in total. The molecule has 0 aliphatic rings. The van der Waals surface area contributed by atoms with E-state index >= 15 is 0 Å². The third-order valence-corrected chi connectivity index (χ3v) is 0. The smallest absolute Gasteiger partial charge is 0 e. The van der Waals surface area contributed by atoms with E-state index in [9.17, 15) is 0 Å². The molecule has 0 rings (SSSR count). The maximum Gasteiger partial charge on any atom is 0 e. The third kappa shape index (κ3) is 40.3. The molecule has 0 amide bonds. The summed E-state index contributed by atoms with van der Waals surface area (Å²) in [6.07, 6.45) is 0. The van der Waals surface area contributed by atoms with Gasteiger partial charge in [-0.2, -0.15) is 0 Å². The van der Waals surface area contributed by atoms with Crippen LogP contribution in [0.15, 0.2) is 0 Å². The zero-order valence-electron chi connectivity index (χ0n) is 4.54. The number of hydrogen-bond donors (Lipinski definition) is 0. The minimum absolute atomic E-state index is 0. The van der Waals surface area contributed by atoms with Gasteiger partial charge < -0.3 is 0 Å². The van der Waals surface area contributed by atoms with Gasteiger partial charge in [0.05, 0.1) is 0 Å². The first-order valence-electron chi connectivity index (χ1n) is 0. The van der Waals surface area contributed by atoms with Crippen LogP contribution in [0.5, 0.6) is 0 Å². The van der Waals surface area contributed by atoms with Crippen LogP contribution in [0.2, 0.25) is 0 Å². The Morgan fingerprint density at radius 3 is 0.333 bits per heavy atom. The molecule has 0 atom stereocenters. The van der Waals surface area contributed by atoms with Crippen LogP contribution in [-0.4, -0.2) is 80.2 Å². The molecule has 0 aliphatic carbocycles. The average Bonchev–Trinajstić information content (AvgIpc) is 0. The van der Waals surface area contributed by atoms with Gasteiger partial charge in [-0.1, -0.05) is 0 Å². The summed E-state index contributed by atoms with van der Waals surface area (Å²) in [7, 11) is 0. The monoisotopic (exact) mass is 68.1 g/mol. The second-order valence-corrected chi connectivity index (χ2v) is 0. The van der Waals surface area contributed by atoms with Gasteiger partial charge in [0.1, 0.15) is 0 Å². The molecule has 0 unspecified atom stereocenters. The normalized spacial score (nSPS) is 0. The van der Waals surface area contributed by atoms with Gasteiger partial charge in [-0.25, -0.2) is 0 Å². The molecule has 0 aromatic rings. The Bertz CT molecular complexity index is 3.90. The molecule has 0 aromatic heterocycles. The van der Waals surface area contributed by atoms with Crippen LogP contribution in [0.4, 0.5) is 0 Å². The summed E-state index contributed by atoms with van der Waals surface area (Å²) in [5.41, 5.74) is 0.